The molecule has 0 unspecified atom stereocenters. The van der Waals surface area contributed by atoms with Crippen molar-refractivity contribution in [1.29, 1.82) is 0 Å². The quantitative estimate of drug-likeness (QED) is 0.860. The average Bonchev–Trinajstić information content (AvgIpc) is 2.33. The van der Waals surface area contributed by atoms with Crippen LogP contribution in [-0.4, -0.2) is 10.9 Å². The Morgan fingerprint density at radius 3 is 2.72 bits per heavy atom. The largest absolute Gasteiger partial charge is 0.438 e. The first kappa shape index (κ1) is 11.9. The normalized spacial score (nSPS) is 10.1. The molecule has 1 aromatic carbocycles. The molecule has 0 aliphatic heterocycles. The van der Waals surface area contributed by atoms with Crippen LogP contribution in [-0.2, 0) is 0 Å². The maximum absolute atomic E-state index is 11.3. The molecule has 0 aliphatic rings. The van der Waals surface area contributed by atoms with Crippen molar-refractivity contribution in [2.75, 3.05) is 5.73 Å². The van der Waals surface area contributed by atoms with E-state index in [0.29, 0.717) is 22.9 Å². The molecule has 0 radical (unpaired) electrons. The van der Waals surface area contributed by atoms with Crippen molar-refractivity contribution in [2.24, 2.45) is 5.73 Å². The number of pyridine rings is 1. The Labute approximate surface area is 104 Å². The maximum Gasteiger partial charge on any atom is 0.252 e. The monoisotopic (exact) mass is 243 g/mol. The minimum Gasteiger partial charge on any atom is -0.438 e. The fraction of sp³-hybridized carbons (Fsp3) is 0.0769. The zero-order valence-electron chi connectivity index (χ0n) is 9.88. The van der Waals surface area contributed by atoms with E-state index in [2.05, 4.69) is 4.98 Å². The second-order valence-corrected chi connectivity index (χ2v) is 3.85. The Hall–Kier alpha value is -2.56. The lowest BCUT2D eigenvalue weighted by Gasteiger charge is -2.10. The van der Waals surface area contributed by atoms with E-state index in [4.69, 9.17) is 16.2 Å². The number of nitrogens with two attached hydrogens (primary N) is 2. The minimum atomic E-state index is -0.543. The fourth-order valence-corrected chi connectivity index (χ4v) is 1.55. The highest BCUT2D eigenvalue weighted by atomic mass is 16.5. The van der Waals surface area contributed by atoms with Crippen molar-refractivity contribution in [2.45, 2.75) is 6.92 Å². The Bertz CT molecular complexity index is 597. The van der Waals surface area contributed by atoms with Gasteiger partial charge in [0.25, 0.3) is 5.91 Å². The van der Waals surface area contributed by atoms with Crippen molar-refractivity contribution < 1.29 is 9.53 Å². The molecule has 2 aromatic rings. The predicted molar refractivity (Wildman–Crippen MR) is 68.4 cm³/mol. The number of aryl methyl sites for hydroxylation is 1. The number of para-hydroxylation sites is 1. The van der Waals surface area contributed by atoms with E-state index in [0.717, 1.165) is 5.56 Å². The SMILES string of the molecule is Cc1cc(N)cnc1Oc1ccccc1C(N)=O. The second-order valence-electron chi connectivity index (χ2n) is 3.85. The number of amides is 1. The number of nitrogen functional groups attached to an aromatic ring is 1. The van der Waals surface area contributed by atoms with Crippen LogP contribution in [0.3, 0.4) is 0 Å². The third-order valence-electron chi connectivity index (χ3n) is 2.41. The molecule has 4 N–H and O–H groups in total. The average molecular weight is 243 g/mol. The van der Waals surface area contributed by atoms with E-state index in [1.54, 1.807) is 30.3 Å². The number of rotatable bonds is 3. The summed E-state index contributed by atoms with van der Waals surface area (Å²) in [5, 5.41) is 0. The summed E-state index contributed by atoms with van der Waals surface area (Å²) in [5.41, 5.74) is 12.5. The van der Waals surface area contributed by atoms with Gasteiger partial charge in [0.1, 0.15) is 5.75 Å². The van der Waals surface area contributed by atoms with Crippen molar-refractivity contribution in [3.8, 4) is 11.6 Å². The molecule has 2 rings (SSSR count). The molecule has 5 nitrogen and oxygen atoms in total. The van der Waals surface area contributed by atoms with E-state index in [1.807, 2.05) is 6.92 Å². The van der Waals surface area contributed by atoms with Crippen LogP contribution in [0.4, 0.5) is 5.69 Å². The molecule has 0 spiro atoms. The topological polar surface area (TPSA) is 91.2 Å². The van der Waals surface area contributed by atoms with Gasteiger partial charge in [0.05, 0.1) is 17.4 Å². The van der Waals surface area contributed by atoms with Crippen molar-refractivity contribution in [3.05, 3.63) is 47.7 Å². The molecule has 1 aromatic heterocycles. The van der Waals surface area contributed by atoms with E-state index in [1.165, 1.54) is 6.20 Å². The standard InChI is InChI=1S/C13H13N3O2/c1-8-6-9(14)7-16-13(8)18-11-5-3-2-4-10(11)12(15)17/h2-7H,14H2,1H3,(H2,15,17). The number of hydrogen-bond donors (Lipinski definition) is 2. The number of primary amides is 1. The van der Waals surface area contributed by atoms with Crippen molar-refractivity contribution in [3.63, 3.8) is 0 Å². The number of anilines is 1. The van der Waals surface area contributed by atoms with E-state index < -0.39 is 5.91 Å². The highest BCUT2D eigenvalue weighted by Crippen LogP contribution is 2.26. The van der Waals surface area contributed by atoms with Gasteiger partial charge in [-0.3, -0.25) is 4.79 Å². The zero-order chi connectivity index (χ0) is 13.1. The summed E-state index contributed by atoms with van der Waals surface area (Å²) in [6.45, 7) is 1.82. The highest BCUT2D eigenvalue weighted by molar-refractivity contribution is 5.95. The van der Waals surface area contributed by atoms with Gasteiger partial charge in [0.2, 0.25) is 5.88 Å². The van der Waals surface area contributed by atoms with Crippen LogP contribution in [0, 0.1) is 6.92 Å². The number of ether oxygens (including phenoxy) is 1. The van der Waals surface area contributed by atoms with Crippen LogP contribution in [0.5, 0.6) is 11.6 Å². The Kier molecular flexibility index (Phi) is 3.14. The highest BCUT2D eigenvalue weighted by Gasteiger charge is 2.11. The van der Waals surface area contributed by atoms with Crippen LogP contribution >= 0.6 is 0 Å². The summed E-state index contributed by atoms with van der Waals surface area (Å²) in [4.78, 5) is 15.3. The summed E-state index contributed by atoms with van der Waals surface area (Å²) in [7, 11) is 0. The molecule has 18 heavy (non-hydrogen) atoms. The van der Waals surface area contributed by atoms with Gasteiger partial charge in [0, 0.05) is 5.56 Å². The first-order valence-electron chi connectivity index (χ1n) is 5.36. The molecule has 92 valence electrons. The second kappa shape index (κ2) is 4.75. The third kappa shape index (κ3) is 2.40. The van der Waals surface area contributed by atoms with Gasteiger partial charge < -0.3 is 16.2 Å². The predicted octanol–water partition coefficient (Wildman–Crippen LogP) is 1.86. The van der Waals surface area contributed by atoms with Crippen LogP contribution in [0.2, 0.25) is 0 Å². The summed E-state index contributed by atoms with van der Waals surface area (Å²) in [5.74, 6) is 0.238. The molecule has 0 atom stereocenters. The van der Waals surface area contributed by atoms with Crippen molar-refractivity contribution in [1.82, 2.24) is 4.98 Å². The number of carbonyl (C=O) groups is 1. The lowest BCUT2D eigenvalue weighted by Crippen LogP contribution is -2.12. The number of nitrogens with zero attached hydrogens (tertiary/aromatic N) is 1. The number of carbonyl (C=O) groups excluding carboxylic acids is 1. The van der Waals surface area contributed by atoms with Gasteiger partial charge in [-0.15, -0.1) is 0 Å². The Morgan fingerprint density at radius 2 is 2.06 bits per heavy atom. The fourth-order valence-electron chi connectivity index (χ4n) is 1.55. The van der Waals surface area contributed by atoms with Gasteiger partial charge in [-0.05, 0) is 25.1 Å². The van der Waals surface area contributed by atoms with Gasteiger partial charge in [-0.2, -0.15) is 0 Å². The van der Waals surface area contributed by atoms with Crippen molar-refractivity contribution >= 4 is 11.6 Å². The molecule has 5 heteroatoms. The van der Waals surface area contributed by atoms with E-state index in [9.17, 15) is 4.79 Å². The Balaban J connectivity index is 2.37. The number of aromatic nitrogens is 1. The molecule has 0 saturated carbocycles. The number of hydrogen-bond acceptors (Lipinski definition) is 4. The van der Waals surface area contributed by atoms with Gasteiger partial charge >= 0.3 is 0 Å². The van der Waals surface area contributed by atoms with Crippen LogP contribution in [0.15, 0.2) is 36.5 Å². The molecule has 0 bridgehead atoms. The summed E-state index contributed by atoms with van der Waals surface area (Å²) >= 11 is 0. The van der Waals surface area contributed by atoms with E-state index >= 15 is 0 Å². The van der Waals surface area contributed by atoms with Crippen LogP contribution < -0.4 is 16.2 Å². The minimum absolute atomic E-state index is 0.315. The first-order chi connectivity index (χ1) is 8.58. The van der Waals surface area contributed by atoms with Gasteiger partial charge in [-0.25, -0.2) is 4.98 Å². The first-order valence-corrected chi connectivity index (χ1v) is 5.36. The van der Waals surface area contributed by atoms with Crippen LogP contribution in [0.1, 0.15) is 15.9 Å². The van der Waals surface area contributed by atoms with Gasteiger partial charge in [-0.1, -0.05) is 12.1 Å². The maximum atomic E-state index is 11.3. The smallest absolute Gasteiger partial charge is 0.252 e. The molecular weight excluding hydrogens is 230 g/mol. The molecule has 1 heterocycles. The number of benzene rings is 1. The molecule has 0 fully saturated rings. The Morgan fingerprint density at radius 1 is 1.33 bits per heavy atom. The summed E-state index contributed by atoms with van der Waals surface area (Å²) in [6, 6.07) is 8.49. The van der Waals surface area contributed by atoms with E-state index in [-0.39, 0.29) is 0 Å². The third-order valence-corrected chi connectivity index (χ3v) is 2.41. The zero-order valence-corrected chi connectivity index (χ0v) is 9.88. The lowest BCUT2D eigenvalue weighted by atomic mass is 10.2. The molecule has 0 aliphatic carbocycles. The molecular formula is C13H13N3O2. The summed E-state index contributed by atoms with van der Waals surface area (Å²) < 4.78 is 5.59. The lowest BCUT2D eigenvalue weighted by molar-refractivity contribution is 0.0998. The van der Waals surface area contributed by atoms with Crippen LogP contribution in [0.25, 0.3) is 0 Å². The molecule has 1 amide bonds. The molecule has 0 saturated heterocycles. The summed E-state index contributed by atoms with van der Waals surface area (Å²) in [6.07, 6.45) is 1.50. The van der Waals surface area contributed by atoms with Gasteiger partial charge in [0.15, 0.2) is 0 Å².